The van der Waals surface area contributed by atoms with Crippen molar-refractivity contribution >= 4 is 11.8 Å². The third-order valence-electron chi connectivity index (χ3n) is 2.53. The van der Waals surface area contributed by atoms with Crippen molar-refractivity contribution in [3.8, 4) is 0 Å². The van der Waals surface area contributed by atoms with Gasteiger partial charge in [0.1, 0.15) is 0 Å². The molecule has 1 aliphatic rings. The lowest BCUT2D eigenvalue weighted by atomic mass is 10.2. The summed E-state index contributed by atoms with van der Waals surface area (Å²) in [6, 6.07) is -0.0128. The molecule has 0 aromatic heterocycles. The number of carbonyl (C=O) groups is 2. The highest BCUT2D eigenvalue weighted by Crippen LogP contribution is 2.04. The van der Waals surface area contributed by atoms with E-state index in [9.17, 15) is 9.59 Å². The topological polar surface area (TPSA) is 84.2 Å². The summed E-state index contributed by atoms with van der Waals surface area (Å²) < 4.78 is 0. The zero-order valence-electron chi connectivity index (χ0n) is 8.92. The zero-order chi connectivity index (χ0) is 11.1. The van der Waals surface area contributed by atoms with E-state index in [2.05, 4.69) is 10.6 Å². The minimum Gasteiger partial charge on any atom is -0.370 e. The normalized spacial score (nSPS) is 20.1. The first kappa shape index (κ1) is 12.0. The highest BCUT2D eigenvalue weighted by Gasteiger charge is 2.20. The summed E-state index contributed by atoms with van der Waals surface area (Å²) in [5.74, 6) is -0.203. The van der Waals surface area contributed by atoms with Crippen molar-refractivity contribution < 1.29 is 9.59 Å². The van der Waals surface area contributed by atoms with Crippen LogP contribution in [0.3, 0.4) is 0 Å². The quantitative estimate of drug-likeness (QED) is 0.520. The third-order valence-corrected chi connectivity index (χ3v) is 2.53. The van der Waals surface area contributed by atoms with Crippen LogP contribution < -0.4 is 16.4 Å². The number of carbonyl (C=O) groups excluding carboxylic acids is 2. The molecular formula is C10H19N3O2. The molecule has 1 saturated heterocycles. The van der Waals surface area contributed by atoms with Crippen LogP contribution in [0.15, 0.2) is 0 Å². The Bertz CT molecular complexity index is 225. The molecule has 1 unspecified atom stereocenters. The number of nitrogens with one attached hydrogen (secondary N) is 2. The van der Waals surface area contributed by atoms with Gasteiger partial charge in [-0.15, -0.1) is 0 Å². The second-order valence-electron chi connectivity index (χ2n) is 3.86. The summed E-state index contributed by atoms with van der Waals surface area (Å²) in [6.45, 7) is 1.56. The molecule has 2 amide bonds. The van der Waals surface area contributed by atoms with Gasteiger partial charge in [0.15, 0.2) is 0 Å². The van der Waals surface area contributed by atoms with Gasteiger partial charge in [0, 0.05) is 13.0 Å². The number of nitrogens with two attached hydrogens (primary N) is 1. The van der Waals surface area contributed by atoms with Gasteiger partial charge >= 0.3 is 0 Å². The maximum Gasteiger partial charge on any atom is 0.237 e. The maximum atomic E-state index is 11.5. The van der Waals surface area contributed by atoms with Crippen LogP contribution in [0.4, 0.5) is 0 Å². The van der Waals surface area contributed by atoms with Crippen LogP contribution in [0.1, 0.15) is 32.1 Å². The monoisotopic (exact) mass is 213 g/mol. The summed E-state index contributed by atoms with van der Waals surface area (Å²) >= 11 is 0. The lowest BCUT2D eigenvalue weighted by Gasteiger charge is -2.10. The van der Waals surface area contributed by atoms with Gasteiger partial charge in [-0.25, -0.2) is 0 Å². The molecule has 0 saturated carbocycles. The first-order valence-corrected chi connectivity index (χ1v) is 5.49. The Hall–Kier alpha value is -1.10. The molecule has 0 spiro atoms. The fourth-order valence-corrected chi connectivity index (χ4v) is 1.67. The van der Waals surface area contributed by atoms with E-state index in [4.69, 9.17) is 5.73 Å². The van der Waals surface area contributed by atoms with Crippen LogP contribution in [0, 0.1) is 0 Å². The molecule has 0 aliphatic carbocycles. The van der Waals surface area contributed by atoms with Crippen LogP contribution in [0.2, 0.25) is 0 Å². The first-order valence-electron chi connectivity index (χ1n) is 5.49. The van der Waals surface area contributed by atoms with E-state index in [-0.39, 0.29) is 17.9 Å². The van der Waals surface area contributed by atoms with Gasteiger partial charge in [-0.2, -0.15) is 0 Å². The van der Waals surface area contributed by atoms with Crippen molar-refractivity contribution in [2.24, 2.45) is 5.73 Å². The Labute approximate surface area is 89.8 Å². The van der Waals surface area contributed by atoms with Crippen LogP contribution in [-0.2, 0) is 9.59 Å². The average molecular weight is 213 g/mol. The standard InChI is InChI=1S/C10H19N3O2/c11-9(14)5-1-2-6-13-10(15)8-4-3-7-12-8/h8,12H,1-7H2,(H2,11,14)(H,13,15). The van der Waals surface area contributed by atoms with Crippen molar-refractivity contribution in [3.05, 3.63) is 0 Å². The number of rotatable bonds is 6. The Morgan fingerprint density at radius 1 is 1.40 bits per heavy atom. The lowest BCUT2D eigenvalue weighted by Crippen LogP contribution is -2.40. The van der Waals surface area contributed by atoms with Crippen molar-refractivity contribution in [2.45, 2.75) is 38.1 Å². The summed E-state index contributed by atoms with van der Waals surface area (Å²) in [5.41, 5.74) is 5.00. The first-order chi connectivity index (χ1) is 7.20. The number of unbranched alkanes of at least 4 members (excludes halogenated alkanes) is 1. The fourth-order valence-electron chi connectivity index (χ4n) is 1.67. The molecule has 86 valence electrons. The van der Waals surface area contributed by atoms with Gasteiger partial charge in [0.05, 0.1) is 6.04 Å². The minimum absolute atomic E-state index is 0.0128. The van der Waals surface area contributed by atoms with Gasteiger partial charge in [0.2, 0.25) is 11.8 Å². The predicted molar refractivity (Wildman–Crippen MR) is 57.1 cm³/mol. The maximum absolute atomic E-state index is 11.5. The SMILES string of the molecule is NC(=O)CCCCNC(=O)C1CCCN1. The average Bonchev–Trinajstić information content (AvgIpc) is 2.69. The Morgan fingerprint density at radius 3 is 2.80 bits per heavy atom. The smallest absolute Gasteiger partial charge is 0.237 e. The van der Waals surface area contributed by atoms with Crippen LogP contribution in [0.5, 0.6) is 0 Å². The van der Waals surface area contributed by atoms with Gasteiger partial charge in [-0.3, -0.25) is 9.59 Å². The molecule has 1 atom stereocenters. The molecule has 0 aromatic carbocycles. The molecule has 1 fully saturated rings. The molecule has 15 heavy (non-hydrogen) atoms. The van der Waals surface area contributed by atoms with E-state index in [0.717, 1.165) is 32.2 Å². The Kier molecular flexibility index (Phi) is 5.10. The van der Waals surface area contributed by atoms with E-state index in [1.165, 1.54) is 0 Å². The molecular weight excluding hydrogens is 194 g/mol. The predicted octanol–water partition coefficient (Wildman–Crippen LogP) is -0.490. The van der Waals surface area contributed by atoms with Gasteiger partial charge in [0.25, 0.3) is 0 Å². The summed E-state index contributed by atoms with van der Waals surface area (Å²) in [4.78, 5) is 21.9. The van der Waals surface area contributed by atoms with E-state index < -0.39 is 0 Å². The number of primary amides is 1. The second-order valence-corrected chi connectivity index (χ2v) is 3.86. The van der Waals surface area contributed by atoms with Gasteiger partial charge in [-0.05, 0) is 32.2 Å². The Balaban J connectivity index is 1.99. The highest BCUT2D eigenvalue weighted by atomic mass is 16.2. The van der Waals surface area contributed by atoms with Crippen molar-refractivity contribution in [2.75, 3.05) is 13.1 Å². The highest BCUT2D eigenvalue weighted by molar-refractivity contribution is 5.81. The van der Waals surface area contributed by atoms with Crippen LogP contribution >= 0.6 is 0 Å². The lowest BCUT2D eigenvalue weighted by molar-refractivity contribution is -0.122. The summed E-state index contributed by atoms with van der Waals surface area (Å²) in [7, 11) is 0. The number of hydrogen-bond donors (Lipinski definition) is 3. The molecule has 5 nitrogen and oxygen atoms in total. The van der Waals surface area contributed by atoms with E-state index >= 15 is 0 Å². The minimum atomic E-state index is -0.279. The summed E-state index contributed by atoms with van der Waals surface area (Å²) in [5, 5.41) is 5.97. The van der Waals surface area contributed by atoms with E-state index in [0.29, 0.717) is 13.0 Å². The third kappa shape index (κ3) is 4.78. The zero-order valence-corrected chi connectivity index (χ0v) is 8.92. The Morgan fingerprint density at radius 2 is 2.20 bits per heavy atom. The number of amides is 2. The van der Waals surface area contributed by atoms with Crippen LogP contribution in [0.25, 0.3) is 0 Å². The summed E-state index contributed by atoms with van der Waals surface area (Å²) in [6.07, 6.45) is 3.94. The van der Waals surface area contributed by atoms with Crippen molar-refractivity contribution in [1.29, 1.82) is 0 Å². The van der Waals surface area contributed by atoms with E-state index in [1.807, 2.05) is 0 Å². The molecule has 0 bridgehead atoms. The fraction of sp³-hybridized carbons (Fsp3) is 0.800. The van der Waals surface area contributed by atoms with Gasteiger partial charge in [-0.1, -0.05) is 0 Å². The molecule has 0 radical (unpaired) electrons. The van der Waals surface area contributed by atoms with Crippen LogP contribution in [-0.4, -0.2) is 30.9 Å². The molecule has 4 N–H and O–H groups in total. The second kappa shape index (κ2) is 6.40. The largest absolute Gasteiger partial charge is 0.370 e. The van der Waals surface area contributed by atoms with Crippen molar-refractivity contribution in [3.63, 3.8) is 0 Å². The molecule has 0 aromatic rings. The van der Waals surface area contributed by atoms with Crippen molar-refractivity contribution in [1.82, 2.24) is 10.6 Å². The molecule has 5 heteroatoms. The molecule has 1 aliphatic heterocycles. The van der Waals surface area contributed by atoms with E-state index in [1.54, 1.807) is 0 Å². The number of hydrogen-bond acceptors (Lipinski definition) is 3. The van der Waals surface area contributed by atoms with Gasteiger partial charge < -0.3 is 16.4 Å². The molecule has 1 rings (SSSR count). The molecule has 1 heterocycles.